The summed E-state index contributed by atoms with van der Waals surface area (Å²) in [7, 11) is 4.34. The minimum absolute atomic E-state index is 0.376. The van der Waals surface area contributed by atoms with E-state index in [2.05, 4.69) is 48.0 Å². The van der Waals surface area contributed by atoms with Gasteiger partial charge in [0, 0.05) is 57.4 Å². The normalized spacial score (nSPS) is 29.8. The fourth-order valence-corrected chi connectivity index (χ4v) is 3.33. The predicted molar refractivity (Wildman–Crippen MR) is 81.7 cm³/mol. The third-order valence-corrected chi connectivity index (χ3v) is 4.86. The van der Waals surface area contributed by atoms with E-state index in [-0.39, 0.29) is 0 Å². The monoisotopic (exact) mass is 268 g/mol. The summed E-state index contributed by atoms with van der Waals surface area (Å²) in [4.78, 5) is 7.71. The molecule has 2 rings (SSSR count). The summed E-state index contributed by atoms with van der Waals surface area (Å²) in [6.07, 6.45) is 2.69. The van der Waals surface area contributed by atoms with E-state index in [4.69, 9.17) is 0 Å². The minimum Gasteiger partial charge on any atom is -0.314 e. The van der Waals surface area contributed by atoms with Crippen LogP contribution in [0, 0.1) is 0 Å². The van der Waals surface area contributed by atoms with Crippen molar-refractivity contribution in [3.8, 4) is 0 Å². The standard InChI is InChI=1S/C15H32N4/c1-15(2)6-5-14(18-9-7-16-8-10-18)13-19(15)12-11-17(3)4/h14,16H,5-13H2,1-4H3. The van der Waals surface area contributed by atoms with Crippen LogP contribution in [0.15, 0.2) is 0 Å². The van der Waals surface area contributed by atoms with Gasteiger partial charge >= 0.3 is 0 Å². The highest BCUT2D eigenvalue weighted by atomic mass is 15.3. The molecule has 4 heteroatoms. The van der Waals surface area contributed by atoms with Crippen LogP contribution in [0.3, 0.4) is 0 Å². The van der Waals surface area contributed by atoms with Gasteiger partial charge in [-0.2, -0.15) is 0 Å². The van der Waals surface area contributed by atoms with Gasteiger partial charge in [-0.05, 0) is 40.8 Å². The molecule has 0 amide bonds. The van der Waals surface area contributed by atoms with E-state index in [0.29, 0.717) is 5.54 Å². The zero-order valence-electron chi connectivity index (χ0n) is 13.3. The van der Waals surface area contributed by atoms with Gasteiger partial charge < -0.3 is 10.2 Å². The van der Waals surface area contributed by atoms with E-state index in [1.165, 1.54) is 39.0 Å². The fraction of sp³-hybridized carbons (Fsp3) is 1.00. The number of likely N-dealkylation sites (tertiary alicyclic amines) is 1. The van der Waals surface area contributed by atoms with Gasteiger partial charge in [-0.25, -0.2) is 0 Å². The second-order valence-corrected chi connectivity index (χ2v) is 7.04. The first-order chi connectivity index (χ1) is 8.99. The van der Waals surface area contributed by atoms with E-state index >= 15 is 0 Å². The largest absolute Gasteiger partial charge is 0.314 e. The van der Waals surface area contributed by atoms with Crippen molar-refractivity contribution in [2.24, 2.45) is 0 Å². The lowest BCUT2D eigenvalue weighted by molar-refractivity contribution is 0.00911. The fourth-order valence-electron chi connectivity index (χ4n) is 3.33. The Morgan fingerprint density at radius 1 is 1.21 bits per heavy atom. The molecule has 19 heavy (non-hydrogen) atoms. The van der Waals surface area contributed by atoms with E-state index < -0.39 is 0 Å². The first-order valence-corrected chi connectivity index (χ1v) is 7.83. The van der Waals surface area contributed by atoms with Crippen LogP contribution in [0.5, 0.6) is 0 Å². The molecule has 0 radical (unpaired) electrons. The molecule has 2 aliphatic heterocycles. The average Bonchev–Trinajstić information content (AvgIpc) is 2.38. The summed E-state index contributed by atoms with van der Waals surface area (Å²) < 4.78 is 0. The number of nitrogens with one attached hydrogen (secondary N) is 1. The number of nitrogens with zero attached hydrogens (tertiary/aromatic N) is 3. The number of hydrogen-bond donors (Lipinski definition) is 1. The van der Waals surface area contributed by atoms with Gasteiger partial charge in [0.1, 0.15) is 0 Å². The van der Waals surface area contributed by atoms with Crippen molar-refractivity contribution in [1.29, 1.82) is 0 Å². The molecule has 1 unspecified atom stereocenters. The van der Waals surface area contributed by atoms with Gasteiger partial charge in [0.25, 0.3) is 0 Å². The number of piperidine rings is 1. The van der Waals surface area contributed by atoms with E-state index in [9.17, 15) is 0 Å². The van der Waals surface area contributed by atoms with Gasteiger partial charge in [0.2, 0.25) is 0 Å². The summed E-state index contributed by atoms with van der Waals surface area (Å²) >= 11 is 0. The van der Waals surface area contributed by atoms with Crippen LogP contribution in [0.2, 0.25) is 0 Å². The maximum atomic E-state index is 3.46. The molecule has 0 saturated carbocycles. The molecule has 2 aliphatic rings. The van der Waals surface area contributed by atoms with Crippen LogP contribution in [0.25, 0.3) is 0 Å². The van der Waals surface area contributed by atoms with Crippen LogP contribution in [0.4, 0.5) is 0 Å². The van der Waals surface area contributed by atoms with Crippen molar-refractivity contribution in [3.63, 3.8) is 0 Å². The topological polar surface area (TPSA) is 21.8 Å². The SMILES string of the molecule is CN(C)CCN1CC(N2CCNCC2)CCC1(C)C. The van der Waals surface area contributed by atoms with Crippen LogP contribution < -0.4 is 5.32 Å². The Kier molecular flexibility index (Phi) is 5.23. The summed E-state index contributed by atoms with van der Waals surface area (Å²) in [6, 6.07) is 0.775. The second kappa shape index (κ2) is 6.53. The van der Waals surface area contributed by atoms with Crippen molar-refractivity contribution >= 4 is 0 Å². The van der Waals surface area contributed by atoms with Crippen molar-refractivity contribution in [1.82, 2.24) is 20.0 Å². The zero-order chi connectivity index (χ0) is 13.9. The van der Waals surface area contributed by atoms with Crippen LogP contribution >= 0.6 is 0 Å². The Labute approximate surface area is 119 Å². The molecule has 0 aromatic carbocycles. The molecular weight excluding hydrogens is 236 g/mol. The third kappa shape index (κ3) is 4.15. The number of hydrogen-bond acceptors (Lipinski definition) is 4. The van der Waals surface area contributed by atoms with Crippen molar-refractivity contribution in [2.45, 2.75) is 38.3 Å². The molecule has 2 fully saturated rings. The molecule has 0 aromatic rings. The van der Waals surface area contributed by atoms with E-state index in [1.807, 2.05) is 0 Å². The Bertz CT molecular complexity index is 271. The molecule has 2 saturated heterocycles. The average molecular weight is 268 g/mol. The highest BCUT2D eigenvalue weighted by molar-refractivity contribution is 4.93. The first kappa shape index (κ1) is 15.2. The van der Waals surface area contributed by atoms with Gasteiger partial charge in [-0.3, -0.25) is 9.80 Å². The van der Waals surface area contributed by atoms with E-state index in [1.54, 1.807) is 0 Å². The van der Waals surface area contributed by atoms with Crippen LogP contribution in [0.1, 0.15) is 26.7 Å². The molecular formula is C15H32N4. The second-order valence-electron chi connectivity index (χ2n) is 7.04. The molecule has 2 heterocycles. The number of likely N-dealkylation sites (N-methyl/N-ethyl adjacent to an activating group) is 1. The Morgan fingerprint density at radius 3 is 2.53 bits per heavy atom. The van der Waals surface area contributed by atoms with Gasteiger partial charge in [-0.1, -0.05) is 0 Å². The molecule has 112 valence electrons. The third-order valence-electron chi connectivity index (χ3n) is 4.86. The molecule has 0 aliphatic carbocycles. The summed E-state index contributed by atoms with van der Waals surface area (Å²) in [6.45, 7) is 13.2. The maximum Gasteiger partial charge on any atom is 0.0225 e. The van der Waals surface area contributed by atoms with Crippen LogP contribution in [-0.2, 0) is 0 Å². The van der Waals surface area contributed by atoms with E-state index in [0.717, 1.165) is 25.7 Å². The highest BCUT2D eigenvalue weighted by Crippen LogP contribution is 2.29. The van der Waals surface area contributed by atoms with Gasteiger partial charge in [0.05, 0.1) is 0 Å². The minimum atomic E-state index is 0.376. The smallest absolute Gasteiger partial charge is 0.0225 e. The first-order valence-electron chi connectivity index (χ1n) is 7.83. The lowest BCUT2D eigenvalue weighted by Crippen LogP contribution is -2.59. The van der Waals surface area contributed by atoms with Crippen molar-refractivity contribution in [2.75, 3.05) is 59.9 Å². The Balaban J connectivity index is 1.91. The summed E-state index contributed by atoms with van der Waals surface area (Å²) in [5.41, 5.74) is 0.376. The molecule has 0 aromatic heterocycles. The number of rotatable bonds is 4. The molecule has 1 N–H and O–H groups in total. The van der Waals surface area contributed by atoms with Crippen molar-refractivity contribution < 1.29 is 0 Å². The predicted octanol–water partition coefficient (Wildman–Crippen LogP) is 0.696. The molecule has 0 spiro atoms. The van der Waals surface area contributed by atoms with Gasteiger partial charge in [0.15, 0.2) is 0 Å². The Hall–Kier alpha value is -0.160. The quantitative estimate of drug-likeness (QED) is 0.810. The Morgan fingerprint density at radius 2 is 1.89 bits per heavy atom. The maximum absolute atomic E-state index is 3.46. The van der Waals surface area contributed by atoms with Crippen molar-refractivity contribution in [3.05, 3.63) is 0 Å². The van der Waals surface area contributed by atoms with Gasteiger partial charge in [-0.15, -0.1) is 0 Å². The lowest BCUT2D eigenvalue weighted by Gasteiger charge is -2.49. The molecule has 1 atom stereocenters. The summed E-state index contributed by atoms with van der Waals surface area (Å²) in [5.74, 6) is 0. The van der Waals surface area contributed by atoms with Crippen LogP contribution in [-0.4, -0.2) is 86.2 Å². The summed E-state index contributed by atoms with van der Waals surface area (Å²) in [5, 5.41) is 3.46. The molecule has 4 nitrogen and oxygen atoms in total. The lowest BCUT2D eigenvalue weighted by atomic mass is 9.87. The zero-order valence-corrected chi connectivity index (χ0v) is 13.3. The molecule has 0 bridgehead atoms. The highest BCUT2D eigenvalue weighted by Gasteiger charge is 2.36. The number of piperazine rings is 1.